The quantitative estimate of drug-likeness (QED) is 0.396. The molecule has 0 spiro atoms. The van der Waals surface area contributed by atoms with Gasteiger partial charge in [0, 0.05) is 37.4 Å². The number of nitrogens with zero attached hydrogens (tertiary/aromatic N) is 1. The predicted octanol–water partition coefficient (Wildman–Crippen LogP) is 0.225. The maximum absolute atomic E-state index is 12.6. The van der Waals surface area contributed by atoms with E-state index >= 15 is 0 Å². The molecule has 1 amide bonds. The van der Waals surface area contributed by atoms with Crippen molar-refractivity contribution >= 4 is 11.6 Å². The van der Waals surface area contributed by atoms with Crippen molar-refractivity contribution in [1.82, 2.24) is 10.2 Å². The Hall–Kier alpha value is -2.03. The van der Waals surface area contributed by atoms with E-state index in [1.54, 1.807) is 12.1 Å². The number of amides is 1. The van der Waals surface area contributed by atoms with Crippen LogP contribution >= 0.6 is 0 Å². The van der Waals surface area contributed by atoms with Crippen molar-refractivity contribution < 1.29 is 24.5 Å². The lowest BCUT2D eigenvalue weighted by Crippen LogP contribution is -2.47. The first-order valence-corrected chi connectivity index (χ1v) is 9.57. The SMILES string of the molecule is Nc1cc2c(c(C(=O)NC[C@@H]3CCN(CCCCO)C[C@H]3O)c1)OCCO2. The molecule has 0 bridgehead atoms. The number of carbonyl (C=O) groups excluding carboxylic acids is 1. The molecular weight excluding hydrogens is 350 g/mol. The molecule has 2 aliphatic rings. The number of anilines is 1. The molecule has 150 valence electrons. The van der Waals surface area contributed by atoms with Gasteiger partial charge in [0.1, 0.15) is 13.2 Å². The second-order valence-corrected chi connectivity index (χ2v) is 7.15. The highest BCUT2D eigenvalue weighted by atomic mass is 16.6. The van der Waals surface area contributed by atoms with Gasteiger partial charge in [-0.25, -0.2) is 0 Å². The highest BCUT2D eigenvalue weighted by molar-refractivity contribution is 5.99. The van der Waals surface area contributed by atoms with Gasteiger partial charge in [0.2, 0.25) is 0 Å². The van der Waals surface area contributed by atoms with Crippen LogP contribution in [0.1, 0.15) is 29.6 Å². The highest BCUT2D eigenvalue weighted by Gasteiger charge is 2.28. The van der Waals surface area contributed by atoms with Crippen LogP contribution in [0.15, 0.2) is 12.1 Å². The molecule has 3 rings (SSSR count). The monoisotopic (exact) mass is 379 g/mol. The van der Waals surface area contributed by atoms with Gasteiger partial charge in [-0.15, -0.1) is 0 Å². The Morgan fingerprint density at radius 2 is 2.11 bits per heavy atom. The molecule has 1 fully saturated rings. The van der Waals surface area contributed by atoms with Crippen LogP contribution in [-0.4, -0.2) is 73.1 Å². The first-order valence-electron chi connectivity index (χ1n) is 9.57. The molecule has 8 heteroatoms. The number of nitrogens with one attached hydrogen (secondary N) is 1. The van der Waals surface area contributed by atoms with E-state index in [-0.39, 0.29) is 18.4 Å². The molecule has 5 N–H and O–H groups in total. The largest absolute Gasteiger partial charge is 0.486 e. The van der Waals surface area contributed by atoms with Gasteiger partial charge >= 0.3 is 0 Å². The summed E-state index contributed by atoms with van der Waals surface area (Å²) in [6.45, 7) is 3.78. The Labute approximate surface area is 159 Å². The van der Waals surface area contributed by atoms with Gasteiger partial charge in [0.05, 0.1) is 11.7 Å². The minimum Gasteiger partial charge on any atom is -0.486 e. The zero-order valence-corrected chi connectivity index (χ0v) is 15.5. The third-order valence-corrected chi connectivity index (χ3v) is 5.12. The Balaban J connectivity index is 1.53. The molecule has 8 nitrogen and oxygen atoms in total. The number of nitrogens with two attached hydrogens (primary N) is 1. The highest BCUT2D eigenvalue weighted by Crippen LogP contribution is 2.36. The Kier molecular flexibility index (Phi) is 6.76. The Bertz CT molecular complexity index is 654. The maximum Gasteiger partial charge on any atom is 0.255 e. The van der Waals surface area contributed by atoms with Crippen LogP contribution in [-0.2, 0) is 0 Å². The molecule has 0 aromatic heterocycles. The van der Waals surface area contributed by atoms with Crippen molar-refractivity contribution in [2.45, 2.75) is 25.4 Å². The topological polar surface area (TPSA) is 117 Å². The van der Waals surface area contributed by atoms with Crippen LogP contribution < -0.4 is 20.5 Å². The smallest absolute Gasteiger partial charge is 0.255 e. The number of hydrogen-bond acceptors (Lipinski definition) is 7. The van der Waals surface area contributed by atoms with E-state index in [9.17, 15) is 9.90 Å². The van der Waals surface area contributed by atoms with Crippen molar-refractivity contribution in [2.24, 2.45) is 5.92 Å². The normalized spacial score (nSPS) is 22.4. The van der Waals surface area contributed by atoms with Gasteiger partial charge in [-0.1, -0.05) is 0 Å². The summed E-state index contributed by atoms with van der Waals surface area (Å²) in [5, 5.41) is 22.2. The summed E-state index contributed by atoms with van der Waals surface area (Å²) in [4.78, 5) is 14.8. The maximum atomic E-state index is 12.6. The number of unbranched alkanes of at least 4 members (excludes halogenated alkanes) is 1. The van der Waals surface area contributed by atoms with Crippen molar-refractivity contribution in [3.8, 4) is 11.5 Å². The van der Waals surface area contributed by atoms with Crippen molar-refractivity contribution in [3.05, 3.63) is 17.7 Å². The number of piperidine rings is 1. The van der Waals surface area contributed by atoms with E-state index < -0.39 is 6.10 Å². The average molecular weight is 379 g/mol. The number of rotatable bonds is 7. The van der Waals surface area contributed by atoms with Gasteiger partial charge in [-0.2, -0.15) is 0 Å². The Morgan fingerprint density at radius 1 is 1.30 bits per heavy atom. The van der Waals surface area contributed by atoms with E-state index in [0.717, 1.165) is 32.4 Å². The van der Waals surface area contributed by atoms with Crippen LogP contribution in [0.25, 0.3) is 0 Å². The van der Waals surface area contributed by atoms with Crippen LogP contribution in [0, 0.1) is 5.92 Å². The lowest BCUT2D eigenvalue weighted by molar-refractivity contribution is 0.0212. The number of aliphatic hydroxyl groups is 2. The first-order chi connectivity index (χ1) is 13.1. The third-order valence-electron chi connectivity index (χ3n) is 5.12. The summed E-state index contributed by atoms with van der Waals surface area (Å²) >= 11 is 0. The Morgan fingerprint density at radius 3 is 2.89 bits per heavy atom. The number of benzene rings is 1. The minimum atomic E-state index is -0.484. The van der Waals surface area contributed by atoms with Crippen LogP contribution in [0.5, 0.6) is 11.5 Å². The number of carbonyl (C=O) groups is 1. The van der Waals surface area contributed by atoms with Gasteiger partial charge in [0.15, 0.2) is 11.5 Å². The van der Waals surface area contributed by atoms with Gasteiger partial charge in [-0.3, -0.25) is 4.79 Å². The zero-order chi connectivity index (χ0) is 19.2. The van der Waals surface area contributed by atoms with Crippen molar-refractivity contribution in [2.75, 3.05) is 51.7 Å². The van der Waals surface area contributed by atoms with Gasteiger partial charge in [-0.05, 0) is 38.4 Å². The predicted molar refractivity (Wildman–Crippen MR) is 101 cm³/mol. The summed E-state index contributed by atoms with van der Waals surface area (Å²) < 4.78 is 11.1. The van der Waals surface area contributed by atoms with Gasteiger partial charge in [0.25, 0.3) is 5.91 Å². The second kappa shape index (κ2) is 9.25. The molecule has 1 aromatic rings. The lowest BCUT2D eigenvalue weighted by atomic mass is 9.93. The number of fused-ring (bicyclic) bond motifs is 1. The molecule has 0 aliphatic carbocycles. The molecule has 2 atom stereocenters. The summed E-state index contributed by atoms with van der Waals surface area (Å²) in [7, 11) is 0. The fourth-order valence-electron chi connectivity index (χ4n) is 3.60. The zero-order valence-electron chi connectivity index (χ0n) is 15.5. The molecule has 2 aliphatic heterocycles. The van der Waals surface area contributed by atoms with Crippen LogP contribution in [0.4, 0.5) is 5.69 Å². The molecule has 1 saturated heterocycles. The molecular formula is C19H29N3O5. The van der Waals surface area contributed by atoms with E-state index in [0.29, 0.717) is 49.1 Å². The van der Waals surface area contributed by atoms with E-state index in [1.807, 2.05) is 0 Å². The number of nitrogen functional groups attached to an aromatic ring is 1. The van der Waals surface area contributed by atoms with Crippen molar-refractivity contribution in [1.29, 1.82) is 0 Å². The summed E-state index contributed by atoms with van der Waals surface area (Å²) in [6.07, 6.45) is 2.03. The number of β-amino-alcohol motifs (C(OH)–C–C–N with tert-alkyl or cyclic N) is 1. The van der Waals surface area contributed by atoms with Crippen LogP contribution in [0.2, 0.25) is 0 Å². The fraction of sp³-hybridized carbons (Fsp3) is 0.632. The average Bonchev–Trinajstić information content (AvgIpc) is 2.66. The van der Waals surface area contributed by atoms with E-state index in [2.05, 4.69) is 10.2 Å². The van der Waals surface area contributed by atoms with Crippen LogP contribution in [0.3, 0.4) is 0 Å². The molecule has 27 heavy (non-hydrogen) atoms. The fourth-order valence-corrected chi connectivity index (χ4v) is 3.60. The summed E-state index contributed by atoms with van der Waals surface area (Å²) in [5.41, 5.74) is 6.68. The molecule has 2 heterocycles. The standard InChI is InChI=1S/C19H29N3O5/c20-14-9-15(18-17(10-14)26-7-8-27-18)19(25)21-11-13-3-5-22(12-16(13)24)4-1-2-6-23/h9-10,13,16,23-24H,1-8,11-12,20H2,(H,21,25)/t13-,16+/m0/s1. The number of ether oxygens (including phenoxy) is 2. The summed E-state index contributed by atoms with van der Waals surface area (Å²) in [5.74, 6) is 0.647. The van der Waals surface area contributed by atoms with Gasteiger partial charge < -0.3 is 35.6 Å². The van der Waals surface area contributed by atoms with Crippen molar-refractivity contribution in [3.63, 3.8) is 0 Å². The number of hydrogen-bond donors (Lipinski definition) is 4. The lowest BCUT2D eigenvalue weighted by Gasteiger charge is -2.36. The molecule has 0 unspecified atom stereocenters. The second-order valence-electron chi connectivity index (χ2n) is 7.15. The number of aliphatic hydroxyl groups excluding tert-OH is 2. The van der Waals surface area contributed by atoms with E-state index in [4.69, 9.17) is 20.3 Å². The summed E-state index contributed by atoms with van der Waals surface area (Å²) in [6, 6.07) is 3.24. The molecule has 1 aromatic carbocycles. The molecule has 0 radical (unpaired) electrons. The number of likely N-dealkylation sites (tertiary alicyclic amines) is 1. The third kappa shape index (κ3) is 5.03. The minimum absolute atomic E-state index is 0.0112. The van der Waals surface area contributed by atoms with E-state index in [1.165, 1.54) is 0 Å². The molecule has 0 saturated carbocycles. The first kappa shape index (κ1) is 19.7.